The van der Waals surface area contributed by atoms with Crippen LogP contribution in [0.5, 0.6) is 0 Å². The number of hydrogen-bond acceptors (Lipinski definition) is 2. The second-order valence-corrected chi connectivity index (χ2v) is 3.91. The van der Waals surface area contributed by atoms with Gasteiger partial charge in [-0.1, -0.05) is 29.8 Å². The molecule has 1 atom stereocenters. The van der Waals surface area contributed by atoms with E-state index in [1.54, 1.807) is 24.3 Å². The monoisotopic (exact) mass is 240 g/mol. The van der Waals surface area contributed by atoms with E-state index in [0.29, 0.717) is 10.6 Å². The molecular weight excluding hydrogens is 232 g/mol. The van der Waals surface area contributed by atoms with E-state index in [4.69, 9.17) is 11.6 Å². The van der Waals surface area contributed by atoms with Crippen molar-refractivity contribution in [3.05, 3.63) is 34.9 Å². The molecule has 84 valence electrons. The first-order valence-corrected chi connectivity index (χ1v) is 4.98. The lowest BCUT2D eigenvalue weighted by Crippen LogP contribution is -2.48. The first-order valence-electron chi connectivity index (χ1n) is 4.61. The fourth-order valence-corrected chi connectivity index (χ4v) is 2.01. The number of nitrogens with one attached hydrogen (secondary N) is 2. The van der Waals surface area contributed by atoms with Crippen LogP contribution in [0.1, 0.15) is 5.56 Å². The van der Waals surface area contributed by atoms with E-state index in [0.717, 1.165) is 0 Å². The fraction of sp³-hybridized carbons (Fsp3) is 0.200. The summed E-state index contributed by atoms with van der Waals surface area (Å²) < 4.78 is 0. The number of carbonyl (C=O) groups excluding carboxylic acids is 1. The van der Waals surface area contributed by atoms with Crippen LogP contribution < -0.4 is 10.6 Å². The topological polar surface area (TPSA) is 78.4 Å². The van der Waals surface area contributed by atoms with Crippen LogP contribution in [0.3, 0.4) is 0 Å². The summed E-state index contributed by atoms with van der Waals surface area (Å²) in [6.45, 7) is -0.0229. The maximum absolute atomic E-state index is 11.3. The molecular formula is C10H9ClN2O3. The van der Waals surface area contributed by atoms with Crippen molar-refractivity contribution < 1.29 is 14.7 Å². The number of aliphatic carboxylic acids is 1. The Balaban J connectivity index is 2.53. The predicted octanol–water partition coefficient (Wildman–Crippen LogP) is 0.933. The van der Waals surface area contributed by atoms with Gasteiger partial charge in [-0.25, -0.2) is 9.59 Å². The van der Waals surface area contributed by atoms with E-state index in [1.807, 2.05) is 0 Å². The minimum Gasteiger partial charge on any atom is -0.479 e. The first kappa shape index (κ1) is 10.8. The molecule has 2 rings (SSSR count). The molecule has 5 nitrogen and oxygen atoms in total. The summed E-state index contributed by atoms with van der Waals surface area (Å²) in [4.78, 5) is 22.4. The van der Waals surface area contributed by atoms with Crippen LogP contribution in [-0.2, 0) is 10.3 Å². The average molecular weight is 241 g/mol. The van der Waals surface area contributed by atoms with Crippen LogP contribution in [0, 0.1) is 0 Å². The van der Waals surface area contributed by atoms with Gasteiger partial charge < -0.3 is 15.7 Å². The Bertz CT molecular complexity index is 463. The van der Waals surface area contributed by atoms with E-state index < -0.39 is 17.5 Å². The van der Waals surface area contributed by atoms with Crippen LogP contribution in [0.2, 0.25) is 5.02 Å². The van der Waals surface area contributed by atoms with Crippen LogP contribution in [0.15, 0.2) is 24.3 Å². The summed E-state index contributed by atoms with van der Waals surface area (Å²) in [5.41, 5.74) is -1.10. The fourth-order valence-electron chi connectivity index (χ4n) is 1.71. The Morgan fingerprint density at radius 1 is 1.44 bits per heavy atom. The van der Waals surface area contributed by atoms with E-state index in [1.165, 1.54) is 0 Å². The summed E-state index contributed by atoms with van der Waals surface area (Å²) in [6.07, 6.45) is 0. The lowest BCUT2D eigenvalue weighted by molar-refractivity contribution is -0.143. The molecule has 1 aromatic carbocycles. The Kier molecular flexibility index (Phi) is 2.47. The summed E-state index contributed by atoms with van der Waals surface area (Å²) in [6, 6.07) is 6.04. The number of benzene rings is 1. The molecule has 1 fully saturated rings. The number of carboxylic acid groups (broad SMARTS) is 1. The van der Waals surface area contributed by atoms with Gasteiger partial charge in [0.15, 0.2) is 5.54 Å². The molecule has 0 aromatic heterocycles. The largest absolute Gasteiger partial charge is 0.479 e. The zero-order valence-electron chi connectivity index (χ0n) is 8.16. The van der Waals surface area contributed by atoms with Crippen molar-refractivity contribution in [2.45, 2.75) is 5.54 Å². The lowest BCUT2D eigenvalue weighted by atomic mass is 9.91. The average Bonchev–Trinajstić information content (AvgIpc) is 2.62. The predicted molar refractivity (Wildman–Crippen MR) is 57.3 cm³/mol. The van der Waals surface area contributed by atoms with E-state index in [9.17, 15) is 14.7 Å². The van der Waals surface area contributed by atoms with Crippen LogP contribution in [0.4, 0.5) is 4.79 Å². The maximum atomic E-state index is 11.3. The second-order valence-electron chi connectivity index (χ2n) is 3.50. The zero-order valence-corrected chi connectivity index (χ0v) is 8.91. The van der Waals surface area contributed by atoms with Gasteiger partial charge in [0.25, 0.3) is 0 Å². The number of hydrogen-bond donors (Lipinski definition) is 3. The van der Waals surface area contributed by atoms with Crippen molar-refractivity contribution in [2.75, 3.05) is 6.54 Å². The van der Waals surface area contributed by atoms with Crippen molar-refractivity contribution in [3.8, 4) is 0 Å². The van der Waals surface area contributed by atoms with Gasteiger partial charge in [-0.2, -0.15) is 0 Å². The molecule has 1 aromatic rings. The molecule has 2 amide bonds. The van der Waals surface area contributed by atoms with Gasteiger partial charge in [-0.15, -0.1) is 0 Å². The molecule has 6 heteroatoms. The molecule has 1 aliphatic heterocycles. The van der Waals surface area contributed by atoms with Crippen LogP contribution in [0.25, 0.3) is 0 Å². The summed E-state index contributed by atoms with van der Waals surface area (Å²) in [5.74, 6) is -1.14. The molecule has 1 unspecified atom stereocenters. The first-order chi connectivity index (χ1) is 7.56. The van der Waals surface area contributed by atoms with Gasteiger partial charge in [0.2, 0.25) is 0 Å². The molecule has 0 radical (unpaired) electrons. The summed E-state index contributed by atoms with van der Waals surface area (Å²) >= 11 is 5.94. The number of urea groups is 1. The van der Waals surface area contributed by atoms with Crippen molar-refractivity contribution in [3.63, 3.8) is 0 Å². The standard InChI is InChI=1S/C10H9ClN2O3/c11-7-4-2-1-3-6(7)10(8(14)15)5-12-9(16)13-10/h1-4H,5H2,(H,14,15)(H2,12,13,16). The highest BCUT2D eigenvalue weighted by Crippen LogP contribution is 2.30. The van der Waals surface area contributed by atoms with Crippen molar-refractivity contribution in [1.29, 1.82) is 0 Å². The van der Waals surface area contributed by atoms with Gasteiger partial charge in [0.05, 0.1) is 6.54 Å². The zero-order chi connectivity index (χ0) is 11.8. The minimum atomic E-state index is -1.48. The highest BCUT2D eigenvalue weighted by molar-refractivity contribution is 6.31. The molecule has 16 heavy (non-hydrogen) atoms. The SMILES string of the molecule is O=C1NCC(C(=O)O)(c2ccccc2Cl)N1. The third-order valence-electron chi connectivity index (χ3n) is 2.54. The smallest absolute Gasteiger partial charge is 0.336 e. The molecule has 0 aliphatic carbocycles. The maximum Gasteiger partial charge on any atom is 0.336 e. The molecule has 3 N–H and O–H groups in total. The third kappa shape index (κ3) is 1.49. The molecule has 0 bridgehead atoms. The molecule has 0 saturated carbocycles. The van der Waals surface area contributed by atoms with Gasteiger partial charge >= 0.3 is 12.0 Å². The third-order valence-corrected chi connectivity index (χ3v) is 2.87. The quantitative estimate of drug-likeness (QED) is 0.720. The van der Waals surface area contributed by atoms with Gasteiger partial charge in [-0.05, 0) is 6.07 Å². The number of rotatable bonds is 2. The van der Waals surface area contributed by atoms with Crippen LogP contribution >= 0.6 is 11.6 Å². The van der Waals surface area contributed by atoms with E-state index in [2.05, 4.69) is 10.6 Å². The number of carbonyl (C=O) groups is 2. The van der Waals surface area contributed by atoms with Gasteiger partial charge in [0, 0.05) is 10.6 Å². The Morgan fingerprint density at radius 2 is 2.12 bits per heavy atom. The van der Waals surface area contributed by atoms with Gasteiger partial charge in [0.1, 0.15) is 0 Å². The van der Waals surface area contributed by atoms with Crippen molar-refractivity contribution in [1.82, 2.24) is 10.6 Å². The Hall–Kier alpha value is -1.75. The number of halogens is 1. The van der Waals surface area contributed by atoms with E-state index >= 15 is 0 Å². The molecule has 1 saturated heterocycles. The molecule has 0 spiro atoms. The normalized spacial score (nSPS) is 23.7. The molecule has 1 heterocycles. The van der Waals surface area contributed by atoms with E-state index in [-0.39, 0.29) is 6.54 Å². The van der Waals surface area contributed by atoms with Crippen LogP contribution in [-0.4, -0.2) is 23.7 Å². The molecule has 1 aliphatic rings. The number of carboxylic acids is 1. The summed E-state index contributed by atoms with van der Waals surface area (Å²) in [5, 5.41) is 14.4. The number of amides is 2. The van der Waals surface area contributed by atoms with Crippen molar-refractivity contribution >= 4 is 23.6 Å². The Morgan fingerprint density at radius 3 is 2.62 bits per heavy atom. The lowest BCUT2D eigenvalue weighted by Gasteiger charge is -2.24. The van der Waals surface area contributed by atoms with Gasteiger partial charge in [-0.3, -0.25) is 0 Å². The highest BCUT2D eigenvalue weighted by Gasteiger charge is 2.47. The Labute approximate surface area is 96.4 Å². The highest BCUT2D eigenvalue weighted by atomic mass is 35.5. The summed E-state index contributed by atoms with van der Waals surface area (Å²) in [7, 11) is 0. The second kappa shape index (κ2) is 3.68. The minimum absolute atomic E-state index is 0.0229. The van der Waals surface area contributed by atoms with Crippen molar-refractivity contribution in [2.24, 2.45) is 0 Å².